The third-order valence-corrected chi connectivity index (χ3v) is 5.17. The number of anilines is 2. The Balaban J connectivity index is 1.46. The van der Waals surface area contributed by atoms with Crippen LogP contribution in [0.2, 0.25) is 0 Å². The average molecular weight is 352 g/mol. The van der Waals surface area contributed by atoms with Crippen LogP contribution in [-0.4, -0.2) is 57.5 Å². The molecule has 1 saturated heterocycles. The molecule has 0 spiro atoms. The second-order valence-electron chi connectivity index (χ2n) is 7.77. The monoisotopic (exact) mass is 352 g/mol. The number of hydrogen-bond acceptors (Lipinski definition) is 6. The molecule has 0 aliphatic carbocycles. The van der Waals surface area contributed by atoms with Crippen LogP contribution >= 0.6 is 0 Å². The third-order valence-electron chi connectivity index (χ3n) is 5.17. The van der Waals surface area contributed by atoms with E-state index in [4.69, 9.17) is 0 Å². The molecule has 0 saturated carbocycles. The van der Waals surface area contributed by atoms with Crippen molar-refractivity contribution in [2.24, 2.45) is 0 Å². The largest absolute Gasteiger partial charge is 0.365 e. The van der Waals surface area contributed by atoms with Gasteiger partial charge in [0.05, 0.1) is 11.6 Å². The third kappa shape index (κ3) is 3.09. The molecular weight excluding hydrogens is 328 g/mol. The van der Waals surface area contributed by atoms with Gasteiger partial charge in [-0.25, -0.2) is 15.0 Å². The van der Waals surface area contributed by atoms with Crippen LogP contribution in [-0.2, 0) is 6.42 Å². The highest BCUT2D eigenvalue weighted by atomic mass is 16.2. The standard InChI is InChI=1S/C19H24N6O/c1-19(2)10-13-9-14(11-22-16(13)23-19)17(26)25-8-5-15(12-25)24(3)18-20-6-4-7-21-18/h4,6-7,9,11,15H,5,8,10,12H2,1-3H3,(H,22,23). The van der Waals surface area contributed by atoms with E-state index in [0.29, 0.717) is 18.1 Å². The van der Waals surface area contributed by atoms with E-state index in [9.17, 15) is 4.79 Å². The molecule has 136 valence electrons. The summed E-state index contributed by atoms with van der Waals surface area (Å²) in [5.41, 5.74) is 1.78. The molecule has 0 aromatic carbocycles. The summed E-state index contributed by atoms with van der Waals surface area (Å²) in [6.45, 7) is 5.70. The van der Waals surface area contributed by atoms with Crippen molar-refractivity contribution in [3.05, 3.63) is 41.9 Å². The van der Waals surface area contributed by atoms with Crippen molar-refractivity contribution < 1.29 is 4.79 Å². The smallest absolute Gasteiger partial charge is 0.255 e. The summed E-state index contributed by atoms with van der Waals surface area (Å²) in [5.74, 6) is 1.64. The second-order valence-corrected chi connectivity index (χ2v) is 7.77. The lowest BCUT2D eigenvalue weighted by Crippen LogP contribution is -2.37. The molecular formula is C19H24N6O. The molecule has 2 aromatic rings. The Morgan fingerprint density at radius 3 is 2.85 bits per heavy atom. The van der Waals surface area contributed by atoms with Gasteiger partial charge in [0, 0.05) is 44.3 Å². The van der Waals surface area contributed by atoms with Crippen LogP contribution in [0, 0.1) is 0 Å². The number of carbonyl (C=O) groups excluding carboxylic acids is 1. The SMILES string of the molecule is CN(c1ncccn1)C1CCN(C(=O)c2cnc3c(c2)CC(C)(C)N3)C1. The maximum atomic E-state index is 12.9. The minimum absolute atomic E-state index is 0.00581. The normalized spacial score (nSPS) is 20.6. The van der Waals surface area contributed by atoms with Crippen molar-refractivity contribution in [1.82, 2.24) is 19.9 Å². The lowest BCUT2D eigenvalue weighted by atomic mass is 10.00. The first-order valence-corrected chi connectivity index (χ1v) is 8.99. The van der Waals surface area contributed by atoms with Gasteiger partial charge in [0.2, 0.25) is 5.95 Å². The van der Waals surface area contributed by atoms with E-state index in [1.54, 1.807) is 24.7 Å². The number of rotatable bonds is 3. The molecule has 4 heterocycles. The second kappa shape index (κ2) is 6.23. The summed E-state index contributed by atoms with van der Waals surface area (Å²) >= 11 is 0. The van der Waals surface area contributed by atoms with Gasteiger partial charge in [-0.05, 0) is 44.4 Å². The van der Waals surface area contributed by atoms with E-state index in [2.05, 4.69) is 39.0 Å². The van der Waals surface area contributed by atoms with Crippen LogP contribution < -0.4 is 10.2 Å². The van der Waals surface area contributed by atoms with Gasteiger partial charge in [-0.3, -0.25) is 4.79 Å². The summed E-state index contributed by atoms with van der Waals surface area (Å²) < 4.78 is 0. The molecule has 7 heteroatoms. The number of pyridine rings is 1. The molecule has 2 aromatic heterocycles. The number of nitrogens with one attached hydrogen (secondary N) is 1. The minimum atomic E-state index is -0.00581. The molecule has 1 amide bonds. The van der Waals surface area contributed by atoms with Crippen molar-refractivity contribution in [3.8, 4) is 0 Å². The number of aromatic nitrogens is 3. The van der Waals surface area contributed by atoms with Crippen LogP contribution in [0.5, 0.6) is 0 Å². The molecule has 4 rings (SSSR count). The van der Waals surface area contributed by atoms with Gasteiger partial charge in [0.25, 0.3) is 5.91 Å². The molecule has 1 fully saturated rings. The first kappa shape index (κ1) is 16.8. The van der Waals surface area contributed by atoms with Gasteiger partial charge < -0.3 is 15.1 Å². The Labute approximate surface area is 153 Å². The Kier molecular flexibility index (Phi) is 4.01. The van der Waals surface area contributed by atoms with E-state index in [1.165, 1.54) is 0 Å². The number of carbonyl (C=O) groups is 1. The topological polar surface area (TPSA) is 74.2 Å². The molecule has 1 atom stereocenters. The highest BCUT2D eigenvalue weighted by molar-refractivity contribution is 5.94. The molecule has 26 heavy (non-hydrogen) atoms. The summed E-state index contributed by atoms with van der Waals surface area (Å²) in [6, 6.07) is 4.02. The number of likely N-dealkylation sites (tertiary alicyclic amines) is 1. The lowest BCUT2D eigenvalue weighted by molar-refractivity contribution is 0.0790. The van der Waals surface area contributed by atoms with E-state index in [1.807, 2.05) is 18.0 Å². The summed E-state index contributed by atoms with van der Waals surface area (Å²) in [4.78, 5) is 29.9. The zero-order valence-electron chi connectivity index (χ0n) is 15.4. The zero-order valence-corrected chi connectivity index (χ0v) is 15.4. The van der Waals surface area contributed by atoms with E-state index < -0.39 is 0 Å². The molecule has 2 aliphatic heterocycles. The van der Waals surface area contributed by atoms with Crippen LogP contribution in [0.3, 0.4) is 0 Å². The summed E-state index contributed by atoms with van der Waals surface area (Å²) in [5, 5.41) is 3.39. The van der Waals surface area contributed by atoms with Gasteiger partial charge in [0.15, 0.2) is 0 Å². The Morgan fingerprint density at radius 2 is 2.08 bits per heavy atom. The Morgan fingerprint density at radius 1 is 1.31 bits per heavy atom. The highest BCUT2D eigenvalue weighted by Crippen LogP contribution is 2.31. The van der Waals surface area contributed by atoms with Gasteiger partial charge in [-0.1, -0.05) is 0 Å². The Hall–Kier alpha value is -2.70. The molecule has 2 aliphatic rings. The Bertz CT molecular complexity index is 822. The van der Waals surface area contributed by atoms with Gasteiger partial charge in [0.1, 0.15) is 5.82 Å². The first-order chi connectivity index (χ1) is 12.4. The predicted molar refractivity (Wildman–Crippen MR) is 100 cm³/mol. The number of amides is 1. The van der Waals surface area contributed by atoms with Crippen LogP contribution in [0.1, 0.15) is 36.2 Å². The zero-order chi connectivity index (χ0) is 18.3. The fraction of sp³-hybridized carbons (Fsp3) is 0.474. The van der Waals surface area contributed by atoms with Crippen molar-refractivity contribution in [3.63, 3.8) is 0 Å². The van der Waals surface area contributed by atoms with Crippen LogP contribution in [0.15, 0.2) is 30.7 Å². The molecule has 1 unspecified atom stereocenters. The number of nitrogens with zero attached hydrogens (tertiary/aromatic N) is 5. The van der Waals surface area contributed by atoms with E-state index in [0.717, 1.165) is 30.8 Å². The summed E-state index contributed by atoms with van der Waals surface area (Å²) in [7, 11) is 1.98. The minimum Gasteiger partial charge on any atom is -0.365 e. The maximum Gasteiger partial charge on any atom is 0.255 e. The summed E-state index contributed by atoms with van der Waals surface area (Å²) in [6.07, 6.45) is 6.96. The van der Waals surface area contributed by atoms with Gasteiger partial charge in [-0.15, -0.1) is 0 Å². The lowest BCUT2D eigenvalue weighted by Gasteiger charge is -2.24. The first-order valence-electron chi connectivity index (χ1n) is 8.99. The van der Waals surface area contributed by atoms with E-state index >= 15 is 0 Å². The molecule has 1 N–H and O–H groups in total. The highest BCUT2D eigenvalue weighted by Gasteiger charge is 2.32. The molecule has 0 radical (unpaired) electrons. The van der Waals surface area contributed by atoms with Crippen molar-refractivity contribution in [1.29, 1.82) is 0 Å². The van der Waals surface area contributed by atoms with Gasteiger partial charge >= 0.3 is 0 Å². The van der Waals surface area contributed by atoms with Crippen LogP contribution in [0.4, 0.5) is 11.8 Å². The van der Waals surface area contributed by atoms with Crippen LogP contribution in [0.25, 0.3) is 0 Å². The molecule has 7 nitrogen and oxygen atoms in total. The van der Waals surface area contributed by atoms with Gasteiger partial charge in [-0.2, -0.15) is 0 Å². The predicted octanol–water partition coefficient (Wildman–Crippen LogP) is 1.97. The number of likely N-dealkylation sites (N-methyl/N-ethyl adjacent to an activating group) is 1. The van der Waals surface area contributed by atoms with Crippen molar-refractivity contribution >= 4 is 17.7 Å². The van der Waals surface area contributed by atoms with Crippen molar-refractivity contribution in [2.75, 3.05) is 30.4 Å². The fourth-order valence-electron chi connectivity index (χ4n) is 3.78. The maximum absolute atomic E-state index is 12.9. The average Bonchev–Trinajstić information content (AvgIpc) is 3.23. The molecule has 0 bridgehead atoms. The van der Waals surface area contributed by atoms with Crippen molar-refractivity contribution in [2.45, 2.75) is 38.3 Å². The fourth-order valence-corrected chi connectivity index (χ4v) is 3.78. The van der Waals surface area contributed by atoms with E-state index in [-0.39, 0.29) is 17.5 Å². The number of fused-ring (bicyclic) bond motifs is 1. The number of hydrogen-bond donors (Lipinski definition) is 1. The quantitative estimate of drug-likeness (QED) is 0.910.